The van der Waals surface area contributed by atoms with Crippen LogP contribution >= 0.6 is 0 Å². The van der Waals surface area contributed by atoms with E-state index in [4.69, 9.17) is 10.7 Å². The lowest BCUT2D eigenvalue weighted by Gasteiger charge is -2.30. The minimum absolute atomic E-state index is 0.595. The van der Waals surface area contributed by atoms with E-state index in [-0.39, 0.29) is 0 Å². The zero-order valence-electron chi connectivity index (χ0n) is 11.4. The number of nitrogens with zero attached hydrogens (tertiary/aromatic N) is 3. The summed E-state index contributed by atoms with van der Waals surface area (Å²) < 4.78 is 2.48. The Kier molecular flexibility index (Phi) is 3.39. The number of hydrogen-bond donors (Lipinski definition) is 1. The summed E-state index contributed by atoms with van der Waals surface area (Å²) in [5.74, 6) is 1.93. The molecular weight excluding hydrogens is 224 g/mol. The van der Waals surface area contributed by atoms with Crippen molar-refractivity contribution in [1.29, 1.82) is 0 Å². The molecule has 2 aliphatic heterocycles. The fraction of sp³-hybridized carbons (Fsp3) is 0.786. The summed E-state index contributed by atoms with van der Waals surface area (Å²) in [6.07, 6.45) is 6.33. The van der Waals surface area contributed by atoms with Crippen LogP contribution in [0.15, 0.2) is 0 Å². The smallest absolute Gasteiger partial charge is 0.113 e. The maximum Gasteiger partial charge on any atom is 0.113 e. The molecule has 1 atom stereocenters. The molecule has 100 valence electrons. The first-order valence-electron chi connectivity index (χ1n) is 7.26. The SMILES string of the molecule is CN1CCCC(c2nc(CN)c3n2CCCC3)C1. The number of nitrogens with two attached hydrogens (primary N) is 1. The van der Waals surface area contributed by atoms with E-state index in [0.29, 0.717) is 12.5 Å². The van der Waals surface area contributed by atoms with Crippen molar-refractivity contribution in [2.75, 3.05) is 20.1 Å². The predicted molar refractivity (Wildman–Crippen MR) is 72.5 cm³/mol. The van der Waals surface area contributed by atoms with Gasteiger partial charge in [0.15, 0.2) is 0 Å². The van der Waals surface area contributed by atoms with Crippen molar-refractivity contribution in [3.63, 3.8) is 0 Å². The molecule has 3 heterocycles. The number of imidazole rings is 1. The molecule has 0 aromatic carbocycles. The molecule has 0 saturated carbocycles. The first-order valence-corrected chi connectivity index (χ1v) is 7.26. The lowest BCUT2D eigenvalue weighted by molar-refractivity contribution is 0.242. The van der Waals surface area contributed by atoms with Crippen molar-refractivity contribution in [3.8, 4) is 0 Å². The zero-order valence-corrected chi connectivity index (χ0v) is 11.4. The van der Waals surface area contributed by atoms with Gasteiger partial charge in [0, 0.05) is 31.2 Å². The van der Waals surface area contributed by atoms with Gasteiger partial charge < -0.3 is 15.2 Å². The second-order valence-electron chi connectivity index (χ2n) is 5.78. The van der Waals surface area contributed by atoms with Gasteiger partial charge in [0.2, 0.25) is 0 Å². The van der Waals surface area contributed by atoms with Crippen LogP contribution in [0.1, 0.15) is 48.8 Å². The number of likely N-dealkylation sites (tertiary alicyclic amines) is 1. The minimum atomic E-state index is 0.595. The van der Waals surface area contributed by atoms with E-state index >= 15 is 0 Å². The van der Waals surface area contributed by atoms with E-state index in [1.54, 1.807) is 0 Å². The molecule has 2 aliphatic rings. The summed E-state index contributed by atoms with van der Waals surface area (Å²) in [7, 11) is 2.22. The summed E-state index contributed by atoms with van der Waals surface area (Å²) in [6.45, 7) is 4.13. The molecule has 2 N–H and O–H groups in total. The number of hydrogen-bond acceptors (Lipinski definition) is 3. The van der Waals surface area contributed by atoms with Crippen LogP contribution in [-0.4, -0.2) is 34.6 Å². The molecule has 3 rings (SSSR count). The molecule has 0 amide bonds. The quantitative estimate of drug-likeness (QED) is 0.862. The Morgan fingerprint density at radius 1 is 1.28 bits per heavy atom. The predicted octanol–water partition coefficient (Wildman–Crippen LogP) is 1.49. The summed E-state index contributed by atoms with van der Waals surface area (Å²) in [4.78, 5) is 7.31. The van der Waals surface area contributed by atoms with Gasteiger partial charge in [-0.15, -0.1) is 0 Å². The molecule has 1 aromatic heterocycles. The van der Waals surface area contributed by atoms with Crippen LogP contribution in [0.2, 0.25) is 0 Å². The van der Waals surface area contributed by atoms with Crippen LogP contribution in [0.5, 0.6) is 0 Å². The molecule has 1 aromatic rings. The maximum atomic E-state index is 5.86. The molecule has 18 heavy (non-hydrogen) atoms. The fourth-order valence-electron chi connectivity index (χ4n) is 3.50. The van der Waals surface area contributed by atoms with Crippen molar-refractivity contribution < 1.29 is 0 Å². The third-order valence-corrected chi connectivity index (χ3v) is 4.41. The molecular formula is C14H24N4. The van der Waals surface area contributed by atoms with Crippen molar-refractivity contribution >= 4 is 0 Å². The van der Waals surface area contributed by atoms with Gasteiger partial charge >= 0.3 is 0 Å². The second-order valence-corrected chi connectivity index (χ2v) is 5.78. The lowest BCUT2D eigenvalue weighted by atomic mass is 9.97. The molecule has 1 saturated heterocycles. The fourth-order valence-corrected chi connectivity index (χ4v) is 3.50. The Balaban J connectivity index is 1.93. The van der Waals surface area contributed by atoms with Gasteiger partial charge in [-0.2, -0.15) is 0 Å². The molecule has 0 spiro atoms. The number of piperidine rings is 1. The Morgan fingerprint density at radius 2 is 2.17 bits per heavy atom. The number of rotatable bonds is 2. The van der Waals surface area contributed by atoms with Crippen molar-refractivity contribution in [2.45, 2.75) is 51.1 Å². The highest BCUT2D eigenvalue weighted by molar-refractivity contribution is 5.21. The molecule has 0 radical (unpaired) electrons. The summed E-state index contributed by atoms with van der Waals surface area (Å²) >= 11 is 0. The van der Waals surface area contributed by atoms with Crippen LogP contribution in [0.3, 0.4) is 0 Å². The van der Waals surface area contributed by atoms with E-state index in [9.17, 15) is 0 Å². The van der Waals surface area contributed by atoms with Gasteiger partial charge in [-0.1, -0.05) is 0 Å². The Bertz CT molecular complexity index is 424. The van der Waals surface area contributed by atoms with Gasteiger partial charge in [-0.05, 0) is 45.7 Å². The van der Waals surface area contributed by atoms with Gasteiger partial charge in [-0.25, -0.2) is 4.98 Å². The lowest BCUT2D eigenvalue weighted by Crippen LogP contribution is -2.32. The average Bonchev–Trinajstić information content (AvgIpc) is 2.77. The van der Waals surface area contributed by atoms with Gasteiger partial charge in [0.1, 0.15) is 5.82 Å². The van der Waals surface area contributed by atoms with Crippen LogP contribution in [-0.2, 0) is 19.5 Å². The normalized spacial score (nSPS) is 25.1. The van der Waals surface area contributed by atoms with Gasteiger partial charge in [0.05, 0.1) is 5.69 Å². The highest BCUT2D eigenvalue weighted by atomic mass is 15.1. The van der Waals surface area contributed by atoms with Gasteiger partial charge in [-0.3, -0.25) is 0 Å². The zero-order chi connectivity index (χ0) is 12.5. The monoisotopic (exact) mass is 248 g/mol. The van der Waals surface area contributed by atoms with E-state index in [1.165, 1.54) is 50.2 Å². The van der Waals surface area contributed by atoms with E-state index in [0.717, 1.165) is 18.8 Å². The highest BCUT2D eigenvalue weighted by Gasteiger charge is 2.27. The van der Waals surface area contributed by atoms with E-state index in [2.05, 4.69) is 16.5 Å². The second kappa shape index (κ2) is 5.02. The Labute approximate surface area is 109 Å². The van der Waals surface area contributed by atoms with Crippen LogP contribution in [0.4, 0.5) is 0 Å². The maximum absolute atomic E-state index is 5.86. The van der Waals surface area contributed by atoms with Crippen LogP contribution < -0.4 is 5.73 Å². The van der Waals surface area contributed by atoms with Crippen LogP contribution in [0, 0.1) is 0 Å². The topological polar surface area (TPSA) is 47.1 Å². The number of aromatic nitrogens is 2. The molecule has 1 unspecified atom stereocenters. The molecule has 0 bridgehead atoms. The third kappa shape index (κ3) is 2.08. The third-order valence-electron chi connectivity index (χ3n) is 4.41. The number of fused-ring (bicyclic) bond motifs is 1. The molecule has 1 fully saturated rings. The summed E-state index contributed by atoms with van der Waals surface area (Å²) in [5.41, 5.74) is 8.43. The Hall–Kier alpha value is -0.870. The number of likely N-dealkylation sites (N-methyl/N-ethyl adjacent to an activating group) is 1. The van der Waals surface area contributed by atoms with Gasteiger partial charge in [0.25, 0.3) is 0 Å². The Morgan fingerprint density at radius 3 is 2.94 bits per heavy atom. The minimum Gasteiger partial charge on any atom is -0.331 e. The summed E-state index contributed by atoms with van der Waals surface area (Å²) in [5, 5.41) is 0. The van der Waals surface area contributed by atoms with E-state index in [1.807, 2.05) is 0 Å². The average molecular weight is 248 g/mol. The van der Waals surface area contributed by atoms with Crippen LogP contribution in [0.25, 0.3) is 0 Å². The largest absolute Gasteiger partial charge is 0.331 e. The van der Waals surface area contributed by atoms with Crippen molar-refractivity contribution in [2.24, 2.45) is 5.73 Å². The first-order chi connectivity index (χ1) is 8.79. The molecule has 4 heteroatoms. The molecule has 4 nitrogen and oxygen atoms in total. The first kappa shape index (κ1) is 12.2. The highest BCUT2D eigenvalue weighted by Crippen LogP contribution is 2.30. The molecule has 0 aliphatic carbocycles. The standard InChI is InChI=1S/C14H24N4/c1-17-7-4-5-11(10-17)14-16-12(9-15)13-6-2-3-8-18(13)14/h11H,2-10,15H2,1H3. The van der Waals surface area contributed by atoms with Crippen molar-refractivity contribution in [3.05, 3.63) is 17.2 Å². The van der Waals surface area contributed by atoms with E-state index < -0.39 is 0 Å². The van der Waals surface area contributed by atoms with Crippen molar-refractivity contribution in [1.82, 2.24) is 14.5 Å². The summed E-state index contributed by atoms with van der Waals surface area (Å²) in [6, 6.07) is 0.